The average molecular weight is 346 g/mol. The molecule has 3 N–H and O–H groups in total. The molecular weight excluding hydrogens is 330 g/mol. The summed E-state index contributed by atoms with van der Waals surface area (Å²) >= 11 is 7.35. The lowest BCUT2D eigenvalue weighted by atomic mass is 10.1. The lowest BCUT2D eigenvalue weighted by Gasteiger charge is -2.23. The highest BCUT2D eigenvalue weighted by Gasteiger charge is 2.30. The van der Waals surface area contributed by atoms with Gasteiger partial charge in [-0.1, -0.05) is 11.6 Å². The van der Waals surface area contributed by atoms with Crippen molar-refractivity contribution >= 4 is 33.0 Å². The van der Waals surface area contributed by atoms with Crippen LogP contribution >= 0.6 is 22.9 Å². The first-order valence-electron chi connectivity index (χ1n) is 6.19. The first kappa shape index (κ1) is 16.4. The molecule has 5 nitrogen and oxygen atoms in total. The number of benzene rings is 1. The maximum Gasteiger partial charge on any atom is 0.241 e. The summed E-state index contributed by atoms with van der Waals surface area (Å²) in [4.78, 5) is 4.30. The number of hydrogen-bond acceptors (Lipinski definition) is 5. The number of nitrogens with zero attached hydrogens (tertiary/aromatic N) is 1. The first-order valence-corrected chi connectivity index (χ1v) is 8.93. The van der Waals surface area contributed by atoms with Crippen molar-refractivity contribution in [2.45, 2.75) is 30.8 Å². The normalized spacial score (nSPS) is 12.6. The molecule has 21 heavy (non-hydrogen) atoms. The molecule has 0 amide bonds. The van der Waals surface area contributed by atoms with Gasteiger partial charge in [-0.25, -0.2) is 13.4 Å². The van der Waals surface area contributed by atoms with Crippen LogP contribution in [0.15, 0.2) is 34.7 Å². The van der Waals surface area contributed by atoms with E-state index in [0.717, 1.165) is 0 Å². The zero-order chi connectivity index (χ0) is 15.7. The molecule has 0 aliphatic rings. The molecule has 0 aliphatic heterocycles. The van der Waals surface area contributed by atoms with E-state index in [9.17, 15) is 8.42 Å². The van der Waals surface area contributed by atoms with Crippen molar-refractivity contribution in [3.05, 3.63) is 45.4 Å². The highest BCUT2D eigenvalue weighted by atomic mass is 35.5. The second-order valence-corrected chi connectivity index (χ2v) is 8.01. The third-order valence-electron chi connectivity index (χ3n) is 2.90. The number of rotatable bonds is 5. The molecule has 114 valence electrons. The molecule has 2 rings (SSSR count). The molecule has 1 aromatic heterocycles. The van der Waals surface area contributed by atoms with Crippen molar-refractivity contribution in [2.75, 3.05) is 0 Å². The molecule has 2 aromatic rings. The molecule has 0 spiro atoms. The van der Waals surface area contributed by atoms with Gasteiger partial charge < -0.3 is 5.73 Å². The molecule has 0 atom stereocenters. The van der Waals surface area contributed by atoms with Crippen molar-refractivity contribution in [2.24, 2.45) is 5.73 Å². The quantitative estimate of drug-likeness (QED) is 0.871. The molecular formula is C13H16ClN3O2S2. The third-order valence-corrected chi connectivity index (χ3v) is 6.02. The Morgan fingerprint density at radius 2 is 2.14 bits per heavy atom. The molecule has 8 heteroatoms. The van der Waals surface area contributed by atoms with Crippen LogP contribution in [0.25, 0.3) is 0 Å². The van der Waals surface area contributed by atoms with E-state index in [2.05, 4.69) is 9.71 Å². The lowest BCUT2D eigenvalue weighted by molar-refractivity contribution is 0.470. The fourth-order valence-electron chi connectivity index (χ4n) is 1.85. The summed E-state index contributed by atoms with van der Waals surface area (Å²) in [5, 5.41) is 2.95. The Kier molecular flexibility index (Phi) is 4.69. The third kappa shape index (κ3) is 3.61. The van der Waals surface area contributed by atoms with Crippen LogP contribution in [-0.4, -0.2) is 13.4 Å². The molecule has 0 bridgehead atoms. The molecule has 0 saturated heterocycles. The van der Waals surface area contributed by atoms with Gasteiger partial charge in [-0.05, 0) is 37.6 Å². The van der Waals surface area contributed by atoms with Crippen molar-refractivity contribution < 1.29 is 8.42 Å². The predicted molar refractivity (Wildman–Crippen MR) is 84.8 cm³/mol. The van der Waals surface area contributed by atoms with Gasteiger partial charge >= 0.3 is 0 Å². The lowest BCUT2D eigenvalue weighted by Crippen LogP contribution is -2.40. The van der Waals surface area contributed by atoms with Gasteiger partial charge in [-0.3, -0.25) is 0 Å². The van der Waals surface area contributed by atoms with E-state index in [0.29, 0.717) is 15.6 Å². The molecule has 1 heterocycles. The molecule has 0 fully saturated rings. The van der Waals surface area contributed by atoms with Crippen molar-refractivity contribution in [3.63, 3.8) is 0 Å². The second-order valence-electron chi connectivity index (χ2n) is 5.03. The molecule has 0 aliphatic carbocycles. The van der Waals surface area contributed by atoms with Gasteiger partial charge in [0.15, 0.2) is 0 Å². The van der Waals surface area contributed by atoms with E-state index >= 15 is 0 Å². The van der Waals surface area contributed by atoms with Gasteiger partial charge in [-0.15, -0.1) is 11.3 Å². The minimum absolute atomic E-state index is 0.136. The monoisotopic (exact) mass is 345 g/mol. The second kappa shape index (κ2) is 6.02. The van der Waals surface area contributed by atoms with Crippen molar-refractivity contribution in [1.29, 1.82) is 0 Å². The summed E-state index contributed by atoms with van der Waals surface area (Å²) in [6.07, 6.45) is 1.64. The van der Waals surface area contributed by atoms with E-state index in [1.807, 2.05) is 0 Å². The van der Waals surface area contributed by atoms with E-state index < -0.39 is 15.6 Å². The van der Waals surface area contributed by atoms with Crippen LogP contribution in [0, 0.1) is 0 Å². The van der Waals surface area contributed by atoms with Crippen molar-refractivity contribution in [1.82, 2.24) is 9.71 Å². The molecule has 0 saturated carbocycles. The van der Waals surface area contributed by atoms with Gasteiger partial charge in [0.25, 0.3) is 0 Å². The Bertz CT molecular complexity index is 728. The summed E-state index contributed by atoms with van der Waals surface area (Å²) < 4.78 is 27.7. The molecule has 0 unspecified atom stereocenters. The van der Waals surface area contributed by atoms with Gasteiger partial charge in [0.2, 0.25) is 10.0 Å². The van der Waals surface area contributed by atoms with E-state index in [-0.39, 0.29) is 11.4 Å². The average Bonchev–Trinajstić information content (AvgIpc) is 2.92. The predicted octanol–water partition coefficient (Wildman–Crippen LogP) is 2.47. The standard InChI is InChI=1S/C13H16ClN3O2S2/c1-13(2,12-16-5-6-20-12)17-21(18,19)10-3-4-11(14)9(7-10)8-15/h3-7,17H,8,15H2,1-2H3. The fraction of sp³-hybridized carbons (Fsp3) is 0.308. The minimum Gasteiger partial charge on any atom is -0.326 e. The number of aromatic nitrogens is 1. The van der Waals surface area contributed by atoms with Gasteiger partial charge in [0, 0.05) is 23.1 Å². The molecule has 1 aromatic carbocycles. The fourth-order valence-corrected chi connectivity index (χ4v) is 4.25. The van der Waals surface area contributed by atoms with Crippen LogP contribution < -0.4 is 10.5 Å². The number of nitrogens with two attached hydrogens (primary N) is 1. The zero-order valence-electron chi connectivity index (χ0n) is 11.6. The Labute approximate surface area is 133 Å². The van der Waals surface area contributed by atoms with Crippen LogP contribution in [-0.2, 0) is 22.1 Å². The van der Waals surface area contributed by atoms with Gasteiger partial charge in [0.05, 0.1) is 10.4 Å². The minimum atomic E-state index is -3.69. The van der Waals surface area contributed by atoms with Crippen LogP contribution in [0.3, 0.4) is 0 Å². The summed E-state index contributed by atoms with van der Waals surface area (Å²) in [7, 11) is -3.69. The SMILES string of the molecule is CC(C)(NS(=O)(=O)c1ccc(Cl)c(CN)c1)c1nccs1. The Morgan fingerprint density at radius 3 is 2.71 bits per heavy atom. The van der Waals surface area contributed by atoms with E-state index in [1.54, 1.807) is 25.4 Å². The summed E-state index contributed by atoms with van der Waals surface area (Å²) in [6, 6.07) is 4.49. The summed E-state index contributed by atoms with van der Waals surface area (Å²) in [6.45, 7) is 3.71. The topological polar surface area (TPSA) is 85.1 Å². The first-order chi connectivity index (χ1) is 9.76. The Hall–Kier alpha value is -0.990. The maximum atomic E-state index is 12.5. The largest absolute Gasteiger partial charge is 0.326 e. The smallest absolute Gasteiger partial charge is 0.241 e. The number of sulfonamides is 1. The van der Waals surface area contributed by atoms with E-state index in [1.165, 1.54) is 29.5 Å². The number of nitrogens with one attached hydrogen (secondary N) is 1. The highest BCUT2D eigenvalue weighted by Crippen LogP contribution is 2.26. The van der Waals surface area contributed by atoms with Gasteiger partial charge in [0.1, 0.15) is 5.01 Å². The molecule has 0 radical (unpaired) electrons. The zero-order valence-corrected chi connectivity index (χ0v) is 14.0. The van der Waals surface area contributed by atoms with Gasteiger partial charge in [-0.2, -0.15) is 4.72 Å². The van der Waals surface area contributed by atoms with Crippen LogP contribution in [0.4, 0.5) is 0 Å². The number of halogens is 1. The van der Waals surface area contributed by atoms with Crippen LogP contribution in [0.1, 0.15) is 24.4 Å². The summed E-state index contributed by atoms with van der Waals surface area (Å²) in [5.74, 6) is 0. The number of thiazole rings is 1. The Morgan fingerprint density at radius 1 is 1.43 bits per heavy atom. The van der Waals surface area contributed by atoms with Crippen LogP contribution in [0.2, 0.25) is 5.02 Å². The van der Waals surface area contributed by atoms with Crippen LogP contribution in [0.5, 0.6) is 0 Å². The van der Waals surface area contributed by atoms with Crippen molar-refractivity contribution in [3.8, 4) is 0 Å². The highest BCUT2D eigenvalue weighted by molar-refractivity contribution is 7.89. The number of hydrogen-bond donors (Lipinski definition) is 2. The summed E-state index contributed by atoms with van der Waals surface area (Å²) in [5.41, 5.74) is 5.35. The maximum absolute atomic E-state index is 12.5. The van der Waals surface area contributed by atoms with E-state index in [4.69, 9.17) is 17.3 Å². The Balaban J connectivity index is 2.35.